The molecule has 0 bridgehead atoms. The monoisotopic (exact) mass is 417 g/mol. The average molecular weight is 418 g/mol. The summed E-state index contributed by atoms with van der Waals surface area (Å²) < 4.78 is 13.2. The van der Waals surface area contributed by atoms with Crippen LogP contribution < -0.4 is 14.8 Å². The summed E-state index contributed by atoms with van der Waals surface area (Å²) in [7, 11) is 0. The second kappa shape index (κ2) is 8.47. The Hall–Kier alpha value is -3.25. The highest BCUT2D eigenvalue weighted by atomic mass is 16.7. The number of carbonyl (C=O) groups is 1. The Labute approximate surface area is 182 Å². The van der Waals surface area contributed by atoms with Crippen LogP contribution >= 0.6 is 0 Å². The van der Waals surface area contributed by atoms with E-state index in [1.54, 1.807) is 0 Å². The fraction of sp³-hybridized carbons (Fsp3) is 0.320. The van der Waals surface area contributed by atoms with E-state index in [0.717, 1.165) is 53.8 Å². The normalized spacial score (nSPS) is 15.4. The van der Waals surface area contributed by atoms with E-state index >= 15 is 0 Å². The molecule has 2 aromatic carbocycles. The van der Waals surface area contributed by atoms with Crippen LogP contribution in [-0.2, 0) is 0 Å². The standard InChI is InChI=1S/C25H27N3O3/c1-18-21(25(29)26-11-14-27-12-5-6-13-27)16-22(19-7-3-2-4-8-19)28(18)20-9-10-23-24(15-20)31-17-30-23/h2-4,7-10,15-16H,5-6,11-14,17H2,1H3,(H,26,29). The molecule has 2 aliphatic heterocycles. The van der Waals surface area contributed by atoms with E-state index in [-0.39, 0.29) is 12.7 Å². The summed E-state index contributed by atoms with van der Waals surface area (Å²) in [5.41, 5.74) is 4.56. The van der Waals surface area contributed by atoms with Crippen LogP contribution in [0.5, 0.6) is 11.5 Å². The lowest BCUT2D eigenvalue weighted by atomic mass is 10.1. The minimum atomic E-state index is -0.0339. The van der Waals surface area contributed by atoms with Crippen molar-refractivity contribution in [1.29, 1.82) is 0 Å². The minimum Gasteiger partial charge on any atom is -0.454 e. The van der Waals surface area contributed by atoms with Gasteiger partial charge < -0.3 is 24.3 Å². The molecule has 0 unspecified atom stereocenters. The Morgan fingerprint density at radius 3 is 2.58 bits per heavy atom. The van der Waals surface area contributed by atoms with E-state index in [1.807, 2.05) is 49.4 Å². The molecule has 2 aliphatic rings. The summed E-state index contributed by atoms with van der Waals surface area (Å²) in [6.45, 7) is 6.06. The van der Waals surface area contributed by atoms with E-state index < -0.39 is 0 Å². The number of ether oxygens (including phenoxy) is 2. The molecule has 31 heavy (non-hydrogen) atoms. The van der Waals surface area contributed by atoms with E-state index in [0.29, 0.717) is 12.1 Å². The lowest BCUT2D eigenvalue weighted by Crippen LogP contribution is -2.33. The minimum absolute atomic E-state index is 0.0339. The van der Waals surface area contributed by atoms with Crippen LogP contribution in [0.3, 0.4) is 0 Å². The first-order valence-corrected chi connectivity index (χ1v) is 10.9. The van der Waals surface area contributed by atoms with Gasteiger partial charge in [0.05, 0.1) is 11.3 Å². The number of benzene rings is 2. The molecule has 1 amide bonds. The molecule has 1 N–H and O–H groups in total. The molecular formula is C25H27N3O3. The predicted octanol–water partition coefficient (Wildman–Crippen LogP) is 4.01. The third kappa shape index (κ3) is 3.91. The van der Waals surface area contributed by atoms with Gasteiger partial charge in [-0.25, -0.2) is 0 Å². The Bertz CT molecular complexity index is 1080. The van der Waals surface area contributed by atoms with Crippen LogP contribution in [0.25, 0.3) is 16.9 Å². The molecule has 5 rings (SSSR count). The van der Waals surface area contributed by atoms with Crippen LogP contribution in [0.2, 0.25) is 0 Å². The summed E-state index contributed by atoms with van der Waals surface area (Å²) in [6.07, 6.45) is 2.51. The molecule has 0 saturated carbocycles. The summed E-state index contributed by atoms with van der Waals surface area (Å²) in [5, 5.41) is 3.11. The topological polar surface area (TPSA) is 55.7 Å². The summed E-state index contributed by atoms with van der Waals surface area (Å²) in [4.78, 5) is 15.5. The fourth-order valence-corrected chi connectivity index (χ4v) is 4.44. The van der Waals surface area contributed by atoms with Crippen LogP contribution in [0, 0.1) is 6.92 Å². The van der Waals surface area contributed by atoms with Gasteiger partial charge in [0.25, 0.3) is 5.91 Å². The Kier molecular flexibility index (Phi) is 5.38. The maximum Gasteiger partial charge on any atom is 0.253 e. The van der Waals surface area contributed by atoms with Crippen molar-refractivity contribution in [2.75, 3.05) is 33.0 Å². The zero-order chi connectivity index (χ0) is 21.2. The molecule has 3 heterocycles. The Morgan fingerprint density at radius 1 is 1.00 bits per heavy atom. The van der Waals surface area contributed by atoms with Gasteiger partial charge in [-0.3, -0.25) is 4.79 Å². The lowest BCUT2D eigenvalue weighted by Gasteiger charge is -2.15. The van der Waals surface area contributed by atoms with Crippen LogP contribution in [-0.4, -0.2) is 48.3 Å². The second-order valence-electron chi connectivity index (χ2n) is 8.07. The number of amides is 1. The number of carbonyl (C=O) groups excluding carboxylic acids is 1. The molecule has 1 fully saturated rings. The molecule has 1 aromatic heterocycles. The molecule has 160 valence electrons. The zero-order valence-corrected chi connectivity index (χ0v) is 17.8. The number of fused-ring (bicyclic) bond motifs is 1. The van der Waals surface area contributed by atoms with Gasteiger partial charge in [-0.1, -0.05) is 30.3 Å². The molecule has 0 atom stereocenters. The third-order valence-electron chi connectivity index (χ3n) is 6.09. The van der Waals surface area contributed by atoms with E-state index in [2.05, 4.69) is 26.9 Å². The van der Waals surface area contributed by atoms with Crippen molar-refractivity contribution in [3.63, 3.8) is 0 Å². The van der Waals surface area contributed by atoms with Crippen molar-refractivity contribution in [2.24, 2.45) is 0 Å². The van der Waals surface area contributed by atoms with Gasteiger partial charge >= 0.3 is 0 Å². The van der Waals surface area contributed by atoms with Crippen LogP contribution in [0.1, 0.15) is 28.9 Å². The largest absolute Gasteiger partial charge is 0.454 e. The first-order chi connectivity index (χ1) is 15.2. The maximum atomic E-state index is 13.1. The van der Waals surface area contributed by atoms with Crippen molar-refractivity contribution in [2.45, 2.75) is 19.8 Å². The van der Waals surface area contributed by atoms with Gasteiger partial charge in [-0.05, 0) is 56.6 Å². The molecule has 0 aliphatic carbocycles. The number of hydrogen-bond donors (Lipinski definition) is 1. The first-order valence-electron chi connectivity index (χ1n) is 10.9. The Balaban J connectivity index is 1.47. The highest BCUT2D eigenvalue weighted by Gasteiger charge is 2.22. The predicted molar refractivity (Wildman–Crippen MR) is 120 cm³/mol. The third-order valence-corrected chi connectivity index (χ3v) is 6.09. The quantitative estimate of drug-likeness (QED) is 0.659. The molecule has 0 spiro atoms. The van der Waals surface area contributed by atoms with Gasteiger partial charge in [0.2, 0.25) is 6.79 Å². The summed E-state index contributed by atoms with van der Waals surface area (Å²) in [5.74, 6) is 1.43. The van der Waals surface area contributed by atoms with Crippen molar-refractivity contribution >= 4 is 5.91 Å². The van der Waals surface area contributed by atoms with Gasteiger partial charge in [0.1, 0.15) is 0 Å². The zero-order valence-electron chi connectivity index (χ0n) is 17.8. The highest BCUT2D eigenvalue weighted by molar-refractivity contribution is 5.97. The van der Waals surface area contributed by atoms with Gasteiger partial charge in [-0.2, -0.15) is 0 Å². The molecule has 6 nitrogen and oxygen atoms in total. The number of likely N-dealkylation sites (tertiary alicyclic amines) is 1. The summed E-state index contributed by atoms with van der Waals surface area (Å²) >= 11 is 0. The lowest BCUT2D eigenvalue weighted by molar-refractivity contribution is 0.0949. The molecule has 3 aromatic rings. The van der Waals surface area contributed by atoms with Crippen molar-refractivity contribution in [3.05, 3.63) is 65.9 Å². The molecule has 6 heteroatoms. The Morgan fingerprint density at radius 2 is 1.77 bits per heavy atom. The smallest absolute Gasteiger partial charge is 0.253 e. The first kappa shape index (κ1) is 19.7. The molecule has 1 saturated heterocycles. The van der Waals surface area contributed by atoms with Gasteiger partial charge in [-0.15, -0.1) is 0 Å². The number of nitrogens with one attached hydrogen (secondary N) is 1. The second-order valence-corrected chi connectivity index (χ2v) is 8.07. The summed E-state index contributed by atoms with van der Waals surface area (Å²) in [6, 6.07) is 18.0. The van der Waals surface area contributed by atoms with E-state index in [4.69, 9.17) is 9.47 Å². The average Bonchev–Trinajstić information content (AvgIpc) is 3.54. The number of nitrogens with zero attached hydrogens (tertiary/aromatic N) is 2. The molecule has 0 radical (unpaired) electrons. The van der Waals surface area contributed by atoms with Gasteiger partial charge in [0, 0.05) is 30.5 Å². The van der Waals surface area contributed by atoms with Crippen molar-refractivity contribution in [1.82, 2.24) is 14.8 Å². The van der Waals surface area contributed by atoms with E-state index in [9.17, 15) is 4.79 Å². The SMILES string of the molecule is Cc1c(C(=O)NCCN2CCCC2)cc(-c2ccccc2)n1-c1ccc2c(c1)OCO2. The van der Waals surface area contributed by atoms with Crippen LogP contribution in [0.4, 0.5) is 0 Å². The number of hydrogen-bond acceptors (Lipinski definition) is 4. The van der Waals surface area contributed by atoms with Crippen molar-refractivity contribution in [3.8, 4) is 28.4 Å². The number of rotatable bonds is 6. The van der Waals surface area contributed by atoms with Gasteiger partial charge in [0.15, 0.2) is 11.5 Å². The number of aromatic nitrogens is 1. The molecular weight excluding hydrogens is 390 g/mol. The van der Waals surface area contributed by atoms with Crippen molar-refractivity contribution < 1.29 is 14.3 Å². The van der Waals surface area contributed by atoms with Crippen LogP contribution in [0.15, 0.2) is 54.6 Å². The highest BCUT2D eigenvalue weighted by Crippen LogP contribution is 2.36. The fourth-order valence-electron chi connectivity index (χ4n) is 4.44. The maximum absolute atomic E-state index is 13.1. The van der Waals surface area contributed by atoms with E-state index in [1.165, 1.54) is 12.8 Å².